The summed E-state index contributed by atoms with van der Waals surface area (Å²) in [4.78, 5) is 32.0. The van der Waals surface area contributed by atoms with Crippen molar-refractivity contribution in [1.29, 1.82) is 0 Å². The Morgan fingerprint density at radius 3 is 2.52 bits per heavy atom. The van der Waals surface area contributed by atoms with Gasteiger partial charge in [-0.3, -0.25) is 9.69 Å². The van der Waals surface area contributed by atoms with Crippen LogP contribution < -0.4 is 5.32 Å². The first-order chi connectivity index (χ1) is 15.0. The minimum Gasteiger partial charge on any atom is -0.342 e. The van der Waals surface area contributed by atoms with Crippen LogP contribution in [0.25, 0.3) is 11.0 Å². The number of rotatable bonds is 9. The molecule has 0 aliphatic rings. The molecule has 1 amide bonds. The fraction of sp³-hybridized carbons (Fsp3) is 0.400. The molecule has 0 radical (unpaired) electrons. The maximum absolute atomic E-state index is 12.1. The van der Waals surface area contributed by atoms with Crippen LogP contribution in [-0.4, -0.2) is 46.7 Å². The van der Waals surface area contributed by atoms with E-state index in [0.29, 0.717) is 6.42 Å². The molecule has 1 atom stereocenters. The number of nitrogens with one attached hydrogen (secondary N) is 2. The molecule has 0 unspecified atom stereocenters. The number of carbonyl (C=O) groups is 2. The molecule has 0 spiro atoms. The lowest BCUT2D eigenvalue weighted by molar-refractivity contribution is -0.120. The Balaban J connectivity index is 0.000000224. The van der Waals surface area contributed by atoms with Crippen LogP contribution in [0.4, 0.5) is 5.69 Å². The highest BCUT2D eigenvalue weighted by Crippen LogP contribution is 2.15. The molecule has 0 saturated heterocycles. The van der Waals surface area contributed by atoms with Crippen LogP contribution in [0.15, 0.2) is 48.5 Å². The number of amides is 1. The van der Waals surface area contributed by atoms with Crippen LogP contribution in [0.1, 0.15) is 44.5 Å². The van der Waals surface area contributed by atoms with Crippen LogP contribution in [0.5, 0.6) is 0 Å². The Morgan fingerprint density at radius 2 is 1.87 bits per heavy atom. The lowest BCUT2D eigenvalue weighted by Crippen LogP contribution is -2.41. The molecular weight excluding hydrogens is 388 g/mol. The second-order valence-corrected chi connectivity index (χ2v) is 7.56. The Hall–Kier alpha value is -2.99. The molecular formula is C25H34N4O2. The zero-order valence-corrected chi connectivity index (χ0v) is 19.0. The summed E-state index contributed by atoms with van der Waals surface area (Å²) in [6, 6.07) is 15.7. The molecule has 0 saturated carbocycles. The number of hydrogen-bond donors (Lipinski definition) is 2. The fourth-order valence-corrected chi connectivity index (χ4v) is 3.32. The molecule has 0 bridgehead atoms. The van der Waals surface area contributed by atoms with Crippen LogP contribution >= 0.6 is 0 Å². The van der Waals surface area contributed by atoms with E-state index >= 15 is 0 Å². The maximum atomic E-state index is 12.1. The van der Waals surface area contributed by atoms with Gasteiger partial charge in [-0.2, -0.15) is 0 Å². The molecule has 1 aromatic heterocycles. The Kier molecular flexibility index (Phi) is 9.91. The zero-order chi connectivity index (χ0) is 22.6. The molecule has 6 heteroatoms. The lowest BCUT2D eigenvalue weighted by atomic mass is 10.1. The quantitative estimate of drug-likeness (QED) is 0.385. The van der Waals surface area contributed by atoms with E-state index < -0.39 is 0 Å². The number of aromatic nitrogens is 2. The van der Waals surface area contributed by atoms with Crippen molar-refractivity contribution in [2.45, 2.75) is 52.5 Å². The van der Waals surface area contributed by atoms with Gasteiger partial charge in [0, 0.05) is 18.5 Å². The van der Waals surface area contributed by atoms with Crippen molar-refractivity contribution in [1.82, 2.24) is 14.9 Å². The number of unbranched alkanes of at least 4 members (excludes halogenated alkanes) is 1. The average molecular weight is 423 g/mol. The minimum absolute atomic E-state index is 0.0559. The Morgan fingerprint density at radius 1 is 1.16 bits per heavy atom. The van der Waals surface area contributed by atoms with Gasteiger partial charge in [0.1, 0.15) is 12.1 Å². The van der Waals surface area contributed by atoms with Gasteiger partial charge < -0.3 is 15.1 Å². The molecule has 3 aromatic rings. The predicted octanol–water partition coefficient (Wildman–Crippen LogP) is 4.75. The zero-order valence-electron chi connectivity index (χ0n) is 19.0. The standard InChI is InChI=1S/C14H22N2O.C11H12N2O/c1-5-13(16(4)6-2)14(17)15-12-10-8-7-9-11(12)3;14-8-4-3-7-11-12-9-5-1-2-6-10(9)13-11/h7-10,13H,5-6H2,1-4H3,(H,15,17);1-2,5-6,8H,3-4,7H2,(H,12,13)/t13-;/m0./s1. The summed E-state index contributed by atoms with van der Waals surface area (Å²) in [5.41, 5.74) is 4.05. The summed E-state index contributed by atoms with van der Waals surface area (Å²) in [6.07, 6.45) is 4.08. The summed E-state index contributed by atoms with van der Waals surface area (Å²) in [7, 11) is 1.98. The van der Waals surface area contributed by atoms with E-state index in [1.165, 1.54) is 0 Å². The molecule has 0 aliphatic heterocycles. The van der Waals surface area contributed by atoms with Gasteiger partial charge in [0.25, 0.3) is 0 Å². The number of fused-ring (bicyclic) bond motifs is 1. The van der Waals surface area contributed by atoms with E-state index in [9.17, 15) is 9.59 Å². The largest absolute Gasteiger partial charge is 0.342 e. The molecule has 1 heterocycles. The molecule has 2 aromatic carbocycles. The van der Waals surface area contributed by atoms with Gasteiger partial charge in [-0.15, -0.1) is 0 Å². The topological polar surface area (TPSA) is 78.1 Å². The SMILES string of the molecule is CC[C@@H](C(=O)Nc1ccccc1C)N(C)CC.O=CCCCc1nc2ccccc2[nH]1. The summed E-state index contributed by atoms with van der Waals surface area (Å²) in [6.45, 7) is 6.97. The number of hydrogen-bond acceptors (Lipinski definition) is 4. The number of likely N-dealkylation sites (N-methyl/N-ethyl adjacent to an activating group) is 1. The number of H-pyrrole nitrogens is 1. The summed E-state index contributed by atoms with van der Waals surface area (Å²) >= 11 is 0. The van der Waals surface area contributed by atoms with Gasteiger partial charge in [-0.1, -0.05) is 44.2 Å². The fourth-order valence-electron chi connectivity index (χ4n) is 3.32. The number of aromatic amines is 1. The Labute approximate surface area is 185 Å². The predicted molar refractivity (Wildman–Crippen MR) is 127 cm³/mol. The van der Waals surface area contributed by atoms with Crippen molar-refractivity contribution in [2.75, 3.05) is 18.9 Å². The van der Waals surface area contributed by atoms with Crippen molar-refractivity contribution in [2.24, 2.45) is 0 Å². The number of benzene rings is 2. The van der Waals surface area contributed by atoms with Gasteiger partial charge in [-0.25, -0.2) is 4.98 Å². The van der Waals surface area contributed by atoms with Gasteiger partial charge in [0.05, 0.1) is 17.1 Å². The monoisotopic (exact) mass is 422 g/mol. The minimum atomic E-state index is -0.0559. The first-order valence-electron chi connectivity index (χ1n) is 10.9. The third-order valence-electron chi connectivity index (χ3n) is 5.30. The van der Waals surface area contributed by atoms with Gasteiger partial charge >= 0.3 is 0 Å². The highest BCUT2D eigenvalue weighted by molar-refractivity contribution is 5.95. The van der Waals surface area contributed by atoms with Crippen molar-refractivity contribution in [3.63, 3.8) is 0 Å². The third kappa shape index (κ3) is 7.33. The van der Waals surface area contributed by atoms with Gasteiger partial charge in [0.15, 0.2) is 0 Å². The number of anilines is 1. The summed E-state index contributed by atoms with van der Waals surface area (Å²) in [5, 5.41) is 3.00. The second kappa shape index (κ2) is 12.6. The van der Waals surface area contributed by atoms with Crippen LogP contribution in [-0.2, 0) is 16.0 Å². The van der Waals surface area contributed by atoms with Gasteiger partial charge in [-0.05, 0) is 57.1 Å². The van der Waals surface area contributed by atoms with Gasteiger partial charge in [0.2, 0.25) is 5.91 Å². The summed E-state index contributed by atoms with van der Waals surface area (Å²) < 4.78 is 0. The van der Waals surface area contributed by atoms with Crippen LogP contribution in [0.2, 0.25) is 0 Å². The number of para-hydroxylation sites is 3. The number of imidazole rings is 1. The molecule has 0 fully saturated rings. The van der Waals surface area contributed by atoms with Crippen LogP contribution in [0, 0.1) is 6.92 Å². The summed E-state index contributed by atoms with van der Waals surface area (Å²) in [5.74, 6) is 1.04. The first-order valence-corrected chi connectivity index (χ1v) is 10.9. The smallest absolute Gasteiger partial charge is 0.241 e. The van der Waals surface area contributed by atoms with Crippen molar-refractivity contribution in [3.8, 4) is 0 Å². The molecule has 3 rings (SSSR count). The van der Waals surface area contributed by atoms with E-state index in [2.05, 4.69) is 27.1 Å². The first kappa shape index (κ1) is 24.3. The van der Waals surface area contributed by atoms with Crippen molar-refractivity contribution >= 4 is 28.9 Å². The number of aryl methyl sites for hydroxylation is 2. The lowest BCUT2D eigenvalue weighted by Gasteiger charge is -2.25. The van der Waals surface area contributed by atoms with Crippen LogP contribution in [0.3, 0.4) is 0 Å². The van der Waals surface area contributed by atoms with Crippen molar-refractivity contribution in [3.05, 3.63) is 59.9 Å². The molecule has 2 N–H and O–H groups in total. The molecule has 0 aliphatic carbocycles. The van der Waals surface area contributed by atoms with E-state index in [0.717, 1.165) is 60.2 Å². The molecule has 31 heavy (non-hydrogen) atoms. The second-order valence-electron chi connectivity index (χ2n) is 7.56. The number of aldehydes is 1. The normalized spacial score (nSPS) is 11.6. The number of nitrogens with zero attached hydrogens (tertiary/aromatic N) is 2. The van der Waals surface area contributed by atoms with E-state index in [1.54, 1.807) is 0 Å². The highest BCUT2D eigenvalue weighted by atomic mass is 16.2. The van der Waals surface area contributed by atoms with E-state index in [-0.39, 0.29) is 11.9 Å². The maximum Gasteiger partial charge on any atom is 0.241 e. The highest BCUT2D eigenvalue weighted by Gasteiger charge is 2.20. The average Bonchev–Trinajstić information content (AvgIpc) is 3.19. The van der Waals surface area contributed by atoms with Crippen molar-refractivity contribution < 1.29 is 9.59 Å². The molecule has 6 nitrogen and oxygen atoms in total. The Bertz CT molecular complexity index is 934. The third-order valence-corrected chi connectivity index (χ3v) is 5.30. The molecule has 166 valence electrons. The van der Waals surface area contributed by atoms with E-state index in [1.807, 2.05) is 69.4 Å². The number of carbonyl (C=O) groups excluding carboxylic acids is 2. The van der Waals surface area contributed by atoms with E-state index in [4.69, 9.17) is 0 Å².